The molecule has 15 saturated heterocycles. The lowest BCUT2D eigenvalue weighted by atomic mass is 9.85. The number of hydrogen-bond donors (Lipinski definition) is 5. The number of likely N-dealkylation sites (N-methyl/N-ethyl adjacent to an activating group) is 5. The van der Waals surface area contributed by atoms with Gasteiger partial charge in [-0.1, -0.05) is 12.8 Å². The number of rotatable bonds is 27. The van der Waals surface area contributed by atoms with Crippen molar-refractivity contribution in [3.05, 3.63) is 0 Å². The lowest BCUT2D eigenvalue weighted by Crippen LogP contribution is -2.53. The van der Waals surface area contributed by atoms with Crippen molar-refractivity contribution in [3.8, 4) is 0 Å². The molecule has 10 bridgehead atoms. The van der Waals surface area contributed by atoms with E-state index in [0.717, 1.165) is 76.9 Å². The molecule has 0 spiro atoms. The van der Waals surface area contributed by atoms with Crippen LogP contribution in [0.5, 0.6) is 0 Å². The fraction of sp³-hybridized carbons (Fsp3) is 0.787. The van der Waals surface area contributed by atoms with Crippen molar-refractivity contribution in [2.45, 2.75) is 238 Å². The molecule has 676 valence electrons. The summed E-state index contributed by atoms with van der Waals surface area (Å²) in [5.41, 5.74) is 0. The Kier molecular flexibility index (Phi) is 30.5. The molecule has 16 fully saturated rings. The number of amides is 17. The molecule has 5 N–H and O–H groups in total. The number of ketones is 5. The number of nitrogens with zero attached hydrogens (tertiary/aromatic N) is 15. The SMILES string of the molecule is CON1C(=O)N2C[C@H]1CC[C@H]2C(=O)NCC(=O)[C@@H]1CCC(=O)N1C.CON1C(=O)N2C[C@H]1CC[C@H]2C(=O)NCC(=O)[C@@H]1CCCN1C.CON1C(=O)N2C[C@H]1CC[C@H]2C(=O)NCC(=O)[C@@H]1C[C@H](CC2CC2)CCN1C.CON1C(=O)N2C[C@H]1CC[C@H]2C(=O)NCC(=O)[C@H]1CCC(=O)N1C.CON1C(=O)N2C[C@H]1CC[C@H]2C(=O)NCC(=O)[C@H]1CCCN1C. The maximum atomic E-state index is 12.8. The summed E-state index contributed by atoms with van der Waals surface area (Å²) in [5, 5.41) is 20.1. The maximum Gasteiger partial charge on any atom is 0.345 e. The molecule has 42 nitrogen and oxygen atoms in total. The van der Waals surface area contributed by atoms with Crippen LogP contribution in [0.2, 0.25) is 0 Å². The second-order valence-electron chi connectivity index (χ2n) is 34.8. The monoisotopic (exact) mass is 1720 g/mol. The average Bonchev–Trinajstić information content (AvgIpc) is 1.65. The zero-order chi connectivity index (χ0) is 87.8. The molecule has 122 heavy (non-hydrogen) atoms. The van der Waals surface area contributed by atoms with Gasteiger partial charge >= 0.3 is 30.2 Å². The van der Waals surface area contributed by atoms with Gasteiger partial charge in [0.25, 0.3) is 0 Å². The van der Waals surface area contributed by atoms with Crippen LogP contribution in [0.4, 0.5) is 24.0 Å². The molecule has 0 aromatic rings. The molecule has 16 aliphatic rings. The van der Waals surface area contributed by atoms with E-state index in [4.69, 9.17) is 24.2 Å². The number of likely N-dealkylation sites (tertiary alicyclic amines) is 5. The standard InChI is InChI=1S/C20H32N4O4.2C15H22N4O5.2C15H24N4O4/c1-22-8-7-14(9-13-3-4-13)10-17(22)18(25)11-21-19(26)16-6-5-15-12-23(16)20(27)24(15)28-2;2*1-17-10(5-6-13(17)21)12(20)7-16-14(22)11-4-3-9-8-18(11)15(23)19(9)24-2;2*1-17-7-3-4-11(17)13(20)8-16-14(21)12-6-5-10-9-18(12)15(22)19(10)23-2/h13-17H,3-12H2,1-2H3,(H,21,26);2*9-11H,3-8H2,1-2H3,(H,16,22);2*10-12H,3-9H2,1-2H3,(H,16,21)/t14-,15+,16-,17-;9-,10+,11+;9-,10-,11+;10-,11+,12+;10-,11-,12+/m01111/s1. The van der Waals surface area contributed by atoms with Crippen molar-refractivity contribution in [1.82, 2.24) is 101 Å². The van der Waals surface area contributed by atoms with Crippen LogP contribution in [-0.4, -0.2) is 421 Å². The number of nitrogens with one attached hydrogen (secondary N) is 5. The number of carbonyl (C=O) groups is 17. The second kappa shape index (κ2) is 40.5. The molecule has 1 saturated carbocycles. The van der Waals surface area contributed by atoms with Gasteiger partial charge in [0.05, 0.1) is 129 Å². The normalized spacial score (nSPS) is 30.9. The van der Waals surface area contributed by atoms with Crippen molar-refractivity contribution >= 4 is 100 Å². The van der Waals surface area contributed by atoms with Gasteiger partial charge in [-0.25, -0.2) is 24.0 Å². The Hall–Kier alpha value is -9.33. The molecule has 0 aromatic carbocycles. The molecule has 0 aromatic heterocycles. The predicted octanol–water partition coefficient (Wildman–Crippen LogP) is -1.55. The Labute approximate surface area is 710 Å². The van der Waals surface area contributed by atoms with E-state index in [2.05, 4.69) is 31.5 Å². The quantitative estimate of drug-likeness (QED) is 0.0621. The van der Waals surface area contributed by atoms with Gasteiger partial charge in [0.2, 0.25) is 41.4 Å². The van der Waals surface area contributed by atoms with Crippen LogP contribution >= 0.6 is 0 Å². The Morgan fingerprint density at radius 2 is 0.541 bits per heavy atom. The maximum absolute atomic E-state index is 12.8. The Morgan fingerprint density at radius 1 is 0.287 bits per heavy atom. The first-order valence-corrected chi connectivity index (χ1v) is 43.2. The highest BCUT2D eigenvalue weighted by atomic mass is 16.7. The van der Waals surface area contributed by atoms with Gasteiger partial charge in [0, 0.05) is 59.7 Å². The van der Waals surface area contributed by atoms with Crippen LogP contribution in [0, 0.1) is 11.8 Å². The first-order valence-electron chi connectivity index (χ1n) is 43.2. The molecule has 17 amide bonds. The van der Waals surface area contributed by atoms with Crippen LogP contribution in [0.25, 0.3) is 0 Å². The van der Waals surface area contributed by atoms with E-state index in [9.17, 15) is 81.5 Å². The van der Waals surface area contributed by atoms with Crippen LogP contribution < -0.4 is 26.6 Å². The summed E-state index contributed by atoms with van der Waals surface area (Å²) in [5.74, 6) is -0.199. The van der Waals surface area contributed by atoms with E-state index >= 15 is 0 Å². The topological polar surface area (TPSA) is 445 Å². The van der Waals surface area contributed by atoms with Gasteiger partial charge in [0.15, 0.2) is 28.9 Å². The minimum Gasteiger partial charge on any atom is -0.347 e. The third-order valence-electron chi connectivity index (χ3n) is 27.5. The molecule has 0 unspecified atom stereocenters. The lowest BCUT2D eigenvalue weighted by Gasteiger charge is -2.36. The molecule has 16 atom stereocenters. The molecule has 15 aliphatic heterocycles. The lowest BCUT2D eigenvalue weighted by molar-refractivity contribution is -0.133. The summed E-state index contributed by atoms with van der Waals surface area (Å²) in [4.78, 5) is 250. The fourth-order valence-corrected chi connectivity index (χ4v) is 20.3. The number of fused-ring (bicyclic) bond motifs is 10. The largest absolute Gasteiger partial charge is 0.347 e. The van der Waals surface area contributed by atoms with Crippen LogP contribution in [0.3, 0.4) is 0 Å². The van der Waals surface area contributed by atoms with Crippen LogP contribution in [-0.2, 0) is 81.7 Å². The summed E-state index contributed by atoms with van der Waals surface area (Å²) in [7, 11) is 16.3. The fourth-order valence-electron chi connectivity index (χ4n) is 20.3. The van der Waals surface area contributed by atoms with Crippen molar-refractivity contribution in [3.63, 3.8) is 0 Å². The number of urea groups is 5. The van der Waals surface area contributed by atoms with E-state index in [1.54, 1.807) is 28.8 Å². The Bertz CT molecular complexity index is 3760. The highest BCUT2D eigenvalue weighted by Gasteiger charge is 2.54. The molecular weight excluding hydrogens is 1590 g/mol. The summed E-state index contributed by atoms with van der Waals surface area (Å²) < 4.78 is 0. The number of carbonyl (C=O) groups excluding carboxylic acids is 17. The van der Waals surface area contributed by atoms with E-state index < -0.39 is 42.3 Å². The smallest absolute Gasteiger partial charge is 0.345 e. The van der Waals surface area contributed by atoms with Crippen molar-refractivity contribution < 1.29 is 106 Å². The van der Waals surface area contributed by atoms with Gasteiger partial charge in [-0.05, 0) is 175 Å². The molecule has 0 radical (unpaired) electrons. The average molecular weight is 1720 g/mol. The highest BCUT2D eigenvalue weighted by Crippen LogP contribution is 2.40. The van der Waals surface area contributed by atoms with Gasteiger partial charge in [-0.2, -0.15) is 25.3 Å². The molecule has 15 heterocycles. The molecule has 42 heteroatoms. The van der Waals surface area contributed by atoms with Crippen molar-refractivity contribution in [1.29, 1.82) is 0 Å². The van der Waals surface area contributed by atoms with Gasteiger partial charge < -0.3 is 60.9 Å². The molecule has 1 aliphatic carbocycles. The second-order valence-corrected chi connectivity index (χ2v) is 34.8. The summed E-state index contributed by atoms with van der Waals surface area (Å²) in [6.07, 6.45) is 17.9. The van der Waals surface area contributed by atoms with Gasteiger partial charge in [0.1, 0.15) is 30.2 Å². The number of hydrogen-bond acceptors (Lipinski definition) is 25. The van der Waals surface area contributed by atoms with E-state index in [-0.39, 0.29) is 181 Å². The number of piperidine rings is 6. The minimum absolute atomic E-state index is 0.0162. The zero-order valence-electron chi connectivity index (χ0n) is 72.0. The van der Waals surface area contributed by atoms with E-state index in [1.165, 1.54) is 106 Å². The van der Waals surface area contributed by atoms with E-state index in [1.807, 2.05) is 30.9 Å². The summed E-state index contributed by atoms with van der Waals surface area (Å²) in [6.45, 7) is 5.06. The van der Waals surface area contributed by atoms with Crippen LogP contribution in [0.1, 0.15) is 148 Å². The number of Topliss-reactive ketones (excluding diaryl/α,β-unsaturated/α-hetero) is 5. The van der Waals surface area contributed by atoms with Crippen molar-refractivity contribution in [2.24, 2.45) is 11.8 Å². The van der Waals surface area contributed by atoms with Gasteiger partial charge in [-0.3, -0.25) is 96.4 Å². The molecular formula is C80H124N20O22. The highest BCUT2D eigenvalue weighted by molar-refractivity contribution is 5.99. The van der Waals surface area contributed by atoms with E-state index in [0.29, 0.717) is 109 Å². The first-order chi connectivity index (χ1) is 58.4. The Balaban J connectivity index is 0.000000140. The third kappa shape index (κ3) is 20.2. The van der Waals surface area contributed by atoms with Crippen LogP contribution in [0.15, 0.2) is 0 Å². The summed E-state index contributed by atoms with van der Waals surface area (Å²) >= 11 is 0. The minimum atomic E-state index is -0.579. The zero-order valence-corrected chi connectivity index (χ0v) is 72.0. The third-order valence-corrected chi connectivity index (χ3v) is 27.5. The van der Waals surface area contributed by atoms with Gasteiger partial charge in [-0.15, -0.1) is 0 Å². The summed E-state index contributed by atoms with van der Waals surface area (Å²) in [6, 6.07) is -5.32. The van der Waals surface area contributed by atoms with Crippen molar-refractivity contribution in [2.75, 3.05) is 156 Å². The predicted molar refractivity (Wildman–Crippen MR) is 428 cm³/mol. The Morgan fingerprint density at radius 3 is 0.770 bits per heavy atom. The number of hydroxylamine groups is 10. The molecule has 16 rings (SSSR count). The first kappa shape index (κ1) is 91.9.